The maximum absolute atomic E-state index is 13.2. The van der Waals surface area contributed by atoms with E-state index >= 15 is 0 Å². The van der Waals surface area contributed by atoms with Crippen molar-refractivity contribution < 1.29 is 24.5 Å². The average molecular weight is 428 g/mol. The number of benzene rings is 2. The fourth-order valence-electron chi connectivity index (χ4n) is 3.60. The first-order chi connectivity index (χ1) is 15.5. The second kappa shape index (κ2) is 8.77. The number of hydrogen-bond donors (Lipinski definition) is 2. The van der Waals surface area contributed by atoms with Crippen molar-refractivity contribution in [3.05, 3.63) is 101 Å². The Morgan fingerprint density at radius 3 is 2.50 bits per heavy atom. The zero-order valence-electron chi connectivity index (χ0n) is 17.2. The van der Waals surface area contributed by atoms with Crippen LogP contribution in [0.15, 0.2) is 90.3 Å². The molecule has 1 aromatic heterocycles. The first-order valence-corrected chi connectivity index (χ1v) is 9.83. The molecule has 0 bridgehead atoms. The summed E-state index contributed by atoms with van der Waals surface area (Å²) in [5.41, 5.74) is 1.19. The van der Waals surface area contributed by atoms with Crippen molar-refractivity contribution >= 4 is 23.6 Å². The predicted octanol–water partition coefficient (Wildman–Crippen LogP) is 3.98. The van der Waals surface area contributed by atoms with Crippen LogP contribution in [0.5, 0.6) is 11.5 Å². The molecule has 1 amide bonds. The van der Waals surface area contributed by atoms with Crippen molar-refractivity contribution in [3.63, 3.8) is 0 Å². The molecule has 2 aromatic carbocycles. The molecule has 4 rings (SSSR count). The lowest BCUT2D eigenvalue weighted by Gasteiger charge is -2.26. The van der Waals surface area contributed by atoms with Crippen LogP contribution in [-0.2, 0) is 9.59 Å². The number of anilines is 1. The van der Waals surface area contributed by atoms with Gasteiger partial charge in [-0.1, -0.05) is 48.5 Å². The average Bonchev–Trinajstić information content (AvgIpc) is 3.09. The van der Waals surface area contributed by atoms with Gasteiger partial charge in [0.15, 0.2) is 23.0 Å². The smallest absolute Gasteiger partial charge is 0.295 e. The topological polar surface area (TPSA) is 100.0 Å². The molecule has 0 fully saturated rings. The number of rotatable bonds is 6. The Hall–Kier alpha value is -4.39. The molecule has 2 heterocycles. The van der Waals surface area contributed by atoms with Gasteiger partial charge in [0, 0.05) is 6.20 Å². The number of nitrogens with zero attached hydrogens (tertiary/aromatic N) is 2. The van der Waals surface area contributed by atoms with Crippen molar-refractivity contribution in [2.45, 2.75) is 6.04 Å². The standard InChI is InChI=1S/C25H20N2O5/c1-32-20-15-17(11-13-18(20)28)23-22(19(29)12-10-16-7-3-2-4-8-16)24(30)25(31)27(23)21-9-5-6-14-26-21/h2-15,23,28,30H,1H3/b12-10+/t23-/m0/s1. The predicted molar refractivity (Wildman–Crippen MR) is 119 cm³/mol. The summed E-state index contributed by atoms with van der Waals surface area (Å²) < 4.78 is 5.19. The molecule has 0 saturated carbocycles. The number of amides is 1. The van der Waals surface area contributed by atoms with Gasteiger partial charge in [0.2, 0.25) is 0 Å². The lowest BCUT2D eigenvalue weighted by atomic mass is 9.95. The molecule has 0 unspecified atom stereocenters. The molecule has 32 heavy (non-hydrogen) atoms. The van der Waals surface area contributed by atoms with E-state index < -0.39 is 23.5 Å². The van der Waals surface area contributed by atoms with E-state index in [4.69, 9.17) is 4.74 Å². The Kier molecular flexibility index (Phi) is 5.72. The highest BCUT2D eigenvalue weighted by atomic mass is 16.5. The summed E-state index contributed by atoms with van der Waals surface area (Å²) in [5, 5.41) is 20.7. The maximum Gasteiger partial charge on any atom is 0.295 e. The van der Waals surface area contributed by atoms with E-state index in [1.54, 1.807) is 30.3 Å². The molecule has 1 aliphatic heterocycles. The second-order valence-corrected chi connectivity index (χ2v) is 7.07. The van der Waals surface area contributed by atoms with Crippen molar-refractivity contribution in [1.29, 1.82) is 0 Å². The lowest BCUT2D eigenvalue weighted by molar-refractivity contribution is -0.117. The summed E-state index contributed by atoms with van der Waals surface area (Å²) in [7, 11) is 1.40. The number of aliphatic hydroxyl groups is 1. The molecule has 1 atom stereocenters. The monoisotopic (exact) mass is 428 g/mol. The van der Waals surface area contributed by atoms with Crippen LogP contribution in [0, 0.1) is 0 Å². The quantitative estimate of drug-likeness (QED) is 0.576. The zero-order valence-corrected chi connectivity index (χ0v) is 17.2. The number of aromatic hydroxyl groups is 1. The number of ether oxygens (including phenoxy) is 1. The second-order valence-electron chi connectivity index (χ2n) is 7.07. The number of hydrogen-bond acceptors (Lipinski definition) is 6. The Morgan fingerprint density at radius 1 is 1.06 bits per heavy atom. The summed E-state index contributed by atoms with van der Waals surface area (Å²) in [5.74, 6) is -1.54. The minimum atomic E-state index is -0.958. The number of methoxy groups -OCH3 is 1. The largest absolute Gasteiger partial charge is 0.504 e. The summed E-state index contributed by atoms with van der Waals surface area (Å²) in [6.07, 6.45) is 4.45. The van der Waals surface area contributed by atoms with Gasteiger partial charge in [-0.25, -0.2) is 4.98 Å². The normalized spacial score (nSPS) is 16.1. The molecule has 0 saturated heterocycles. The number of carbonyl (C=O) groups excluding carboxylic acids is 2. The highest BCUT2D eigenvalue weighted by molar-refractivity contribution is 6.19. The molecule has 7 heteroatoms. The first-order valence-electron chi connectivity index (χ1n) is 9.83. The Morgan fingerprint density at radius 2 is 1.81 bits per heavy atom. The molecule has 0 aliphatic carbocycles. The van der Waals surface area contributed by atoms with Gasteiger partial charge in [0.1, 0.15) is 5.82 Å². The van der Waals surface area contributed by atoms with Gasteiger partial charge >= 0.3 is 0 Å². The maximum atomic E-state index is 13.2. The third kappa shape index (κ3) is 3.83. The van der Waals surface area contributed by atoms with Crippen LogP contribution in [0.25, 0.3) is 6.08 Å². The Bertz CT molecular complexity index is 1220. The zero-order chi connectivity index (χ0) is 22.7. The van der Waals surface area contributed by atoms with E-state index in [1.165, 1.54) is 36.4 Å². The van der Waals surface area contributed by atoms with E-state index in [9.17, 15) is 19.8 Å². The molecule has 0 radical (unpaired) electrons. The summed E-state index contributed by atoms with van der Waals surface area (Å²) in [4.78, 5) is 31.7. The number of phenolic OH excluding ortho intramolecular Hbond substituents is 1. The fraction of sp³-hybridized carbons (Fsp3) is 0.0800. The van der Waals surface area contributed by atoms with Gasteiger partial charge in [-0.05, 0) is 41.5 Å². The van der Waals surface area contributed by atoms with Crippen molar-refractivity contribution in [1.82, 2.24) is 4.98 Å². The molecular weight excluding hydrogens is 408 g/mol. The van der Waals surface area contributed by atoms with E-state index in [2.05, 4.69) is 4.98 Å². The van der Waals surface area contributed by atoms with E-state index in [-0.39, 0.29) is 22.9 Å². The van der Waals surface area contributed by atoms with Crippen LogP contribution in [0.1, 0.15) is 17.2 Å². The fourth-order valence-corrected chi connectivity index (χ4v) is 3.60. The van der Waals surface area contributed by atoms with Gasteiger partial charge in [0.25, 0.3) is 5.91 Å². The molecule has 3 aromatic rings. The highest BCUT2D eigenvalue weighted by Crippen LogP contribution is 2.42. The van der Waals surface area contributed by atoms with Crippen molar-refractivity contribution in [2.24, 2.45) is 0 Å². The minimum absolute atomic E-state index is 0.0828. The third-order valence-electron chi connectivity index (χ3n) is 5.12. The van der Waals surface area contributed by atoms with Gasteiger partial charge in [-0.15, -0.1) is 0 Å². The molecule has 160 valence electrons. The van der Waals surface area contributed by atoms with Crippen LogP contribution in [0.3, 0.4) is 0 Å². The molecule has 2 N–H and O–H groups in total. The van der Waals surface area contributed by atoms with Crippen LogP contribution in [0.4, 0.5) is 5.82 Å². The number of allylic oxidation sites excluding steroid dienone is 1. The van der Waals surface area contributed by atoms with Crippen molar-refractivity contribution in [3.8, 4) is 11.5 Å². The number of ketones is 1. The highest BCUT2D eigenvalue weighted by Gasteiger charge is 2.44. The van der Waals surface area contributed by atoms with Crippen LogP contribution < -0.4 is 9.64 Å². The Labute approximate surface area is 184 Å². The number of phenols is 1. The summed E-state index contributed by atoms with van der Waals surface area (Å²) in [6, 6.07) is 17.8. The van der Waals surface area contributed by atoms with E-state index in [0.717, 1.165) is 5.56 Å². The SMILES string of the molecule is COc1cc([C@H]2C(C(=O)/C=C/c3ccccc3)=C(O)C(=O)N2c2ccccn2)ccc1O. The summed E-state index contributed by atoms with van der Waals surface area (Å²) >= 11 is 0. The third-order valence-corrected chi connectivity index (χ3v) is 5.12. The van der Waals surface area contributed by atoms with E-state index in [0.29, 0.717) is 5.56 Å². The molecule has 0 spiro atoms. The van der Waals surface area contributed by atoms with E-state index in [1.807, 2.05) is 30.3 Å². The first kappa shape index (κ1) is 20.9. The Balaban J connectivity index is 1.81. The lowest BCUT2D eigenvalue weighted by Crippen LogP contribution is -2.31. The van der Waals surface area contributed by atoms with Gasteiger partial charge in [-0.3, -0.25) is 14.5 Å². The van der Waals surface area contributed by atoms with Crippen LogP contribution in [-0.4, -0.2) is 34.0 Å². The summed E-state index contributed by atoms with van der Waals surface area (Å²) in [6.45, 7) is 0. The van der Waals surface area contributed by atoms with Crippen molar-refractivity contribution in [2.75, 3.05) is 12.0 Å². The van der Waals surface area contributed by atoms with Crippen LogP contribution >= 0.6 is 0 Å². The number of aromatic nitrogens is 1. The number of aliphatic hydroxyl groups excluding tert-OH is 1. The number of pyridine rings is 1. The van der Waals surface area contributed by atoms with Gasteiger partial charge in [0.05, 0.1) is 18.7 Å². The molecule has 1 aliphatic rings. The van der Waals surface area contributed by atoms with Gasteiger partial charge in [-0.2, -0.15) is 0 Å². The van der Waals surface area contributed by atoms with Gasteiger partial charge < -0.3 is 14.9 Å². The van der Waals surface area contributed by atoms with Crippen LogP contribution in [0.2, 0.25) is 0 Å². The molecule has 7 nitrogen and oxygen atoms in total. The number of carbonyl (C=O) groups is 2. The minimum Gasteiger partial charge on any atom is -0.504 e. The molecular formula is C25H20N2O5.